The van der Waals surface area contributed by atoms with Crippen LogP contribution in [0.25, 0.3) is 10.2 Å². The fourth-order valence-corrected chi connectivity index (χ4v) is 4.95. The van der Waals surface area contributed by atoms with Crippen molar-refractivity contribution < 1.29 is 9.18 Å². The van der Waals surface area contributed by atoms with E-state index in [1.165, 1.54) is 23.5 Å². The van der Waals surface area contributed by atoms with Crippen LogP contribution in [-0.4, -0.2) is 28.0 Å². The van der Waals surface area contributed by atoms with Crippen molar-refractivity contribution in [2.24, 2.45) is 0 Å². The van der Waals surface area contributed by atoms with Crippen LogP contribution in [-0.2, 0) is 10.2 Å². The van der Waals surface area contributed by atoms with E-state index >= 15 is 0 Å². The summed E-state index contributed by atoms with van der Waals surface area (Å²) >= 11 is 1.46. The molecule has 1 amide bonds. The lowest BCUT2D eigenvalue weighted by Crippen LogP contribution is -2.53. The van der Waals surface area contributed by atoms with Gasteiger partial charge < -0.3 is 5.32 Å². The molecule has 0 bridgehead atoms. The average Bonchev–Trinajstić information content (AvgIpc) is 3.09. The van der Waals surface area contributed by atoms with Crippen molar-refractivity contribution >= 4 is 38.4 Å². The van der Waals surface area contributed by atoms with Gasteiger partial charge in [0.05, 0.1) is 15.6 Å². The number of fused-ring (bicyclic) bond motifs is 2. The number of halogens is 1. The van der Waals surface area contributed by atoms with Crippen molar-refractivity contribution in [3.05, 3.63) is 47.9 Å². The zero-order valence-corrected chi connectivity index (χ0v) is 15.9. The van der Waals surface area contributed by atoms with Crippen LogP contribution in [0.5, 0.6) is 0 Å². The van der Waals surface area contributed by atoms with Crippen molar-refractivity contribution in [2.75, 3.05) is 10.2 Å². The number of nitrogens with one attached hydrogen (secondary N) is 1. The van der Waals surface area contributed by atoms with Crippen LogP contribution >= 0.6 is 11.3 Å². The zero-order chi connectivity index (χ0) is 18.8. The number of anilines is 2. The number of carbonyl (C=O) groups excluding carboxylic acids is 1. The Morgan fingerprint density at radius 2 is 2.11 bits per heavy atom. The van der Waals surface area contributed by atoms with Crippen LogP contribution in [0.3, 0.4) is 0 Å². The largest absolute Gasteiger partial charge is 0.359 e. The van der Waals surface area contributed by atoms with E-state index in [4.69, 9.17) is 0 Å². The third-order valence-electron chi connectivity index (χ3n) is 5.60. The number of thiazole rings is 1. The van der Waals surface area contributed by atoms with Gasteiger partial charge in [-0.1, -0.05) is 17.4 Å². The summed E-state index contributed by atoms with van der Waals surface area (Å²) in [5.74, 6) is 0.671. The Kier molecular flexibility index (Phi) is 3.53. The van der Waals surface area contributed by atoms with Crippen molar-refractivity contribution in [1.82, 2.24) is 9.97 Å². The Labute approximate surface area is 160 Å². The predicted octanol–water partition coefficient (Wildman–Crippen LogP) is 4.10. The summed E-state index contributed by atoms with van der Waals surface area (Å²) < 4.78 is 14.2. The van der Waals surface area contributed by atoms with Gasteiger partial charge in [0.15, 0.2) is 5.13 Å². The zero-order valence-electron chi connectivity index (χ0n) is 15.1. The highest BCUT2D eigenvalue weighted by Crippen LogP contribution is 2.44. The van der Waals surface area contributed by atoms with Gasteiger partial charge in [-0.05, 0) is 51.0 Å². The second kappa shape index (κ2) is 5.73. The van der Waals surface area contributed by atoms with Gasteiger partial charge in [0.1, 0.15) is 11.6 Å². The van der Waals surface area contributed by atoms with Gasteiger partial charge in [0, 0.05) is 23.8 Å². The number of pyridine rings is 1. The molecule has 5 nitrogen and oxygen atoms in total. The quantitative estimate of drug-likeness (QED) is 0.741. The Hall–Kier alpha value is -2.54. The minimum Gasteiger partial charge on any atom is -0.359 e. The topological polar surface area (TPSA) is 58.1 Å². The molecule has 2 aliphatic rings. The standard InChI is InChI=1S/C20H19FN4OS/c1-20(2)14-4-3-7-22-17(14)25(18(20)26)13-9-12(10-13)23-19-24-15-6-5-11(21)8-16(15)27-19/h3-8,12-13H,9-10H2,1-2H3,(H,23,24)/t12-,13-. The SMILES string of the molecule is CC1(C)C(=O)N([C@H]2C[C@H](Nc3nc4ccc(F)cc4s3)C2)c2ncccc21. The molecule has 0 saturated heterocycles. The molecule has 0 atom stereocenters. The number of benzene rings is 1. The van der Waals surface area contributed by atoms with Gasteiger partial charge in [0.2, 0.25) is 5.91 Å². The average molecular weight is 382 g/mol. The Bertz CT molecular complexity index is 1060. The Morgan fingerprint density at radius 1 is 1.30 bits per heavy atom. The minimum absolute atomic E-state index is 0.120. The second-order valence-corrected chi connectivity index (χ2v) is 8.80. The van der Waals surface area contributed by atoms with E-state index in [-0.39, 0.29) is 23.8 Å². The van der Waals surface area contributed by atoms with Gasteiger partial charge >= 0.3 is 0 Å². The van der Waals surface area contributed by atoms with Crippen LogP contribution in [0.4, 0.5) is 15.3 Å². The summed E-state index contributed by atoms with van der Waals surface area (Å²) in [6.45, 7) is 3.93. The summed E-state index contributed by atoms with van der Waals surface area (Å²) in [4.78, 5) is 23.8. The van der Waals surface area contributed by atoms with E-state index in [1.807, 2.05) is 30.9 Å². The summed E-state index contributed by atoms with van der Waals surface area (Å²) in [5.41, 5.74) is 1.27. The molecule has 1 saturated carbocycles. The molecule has 5 rings (SSSR count). The molecular weight excluding hydrogens is 363 g/mol. The molecule has 2 aromatic heterocycles. The van der Waals surface area contributed by atoms with Crippen LogP contribution in [0, 0.1) is 5.82 Å². The summed E-state index contributed by atoms with van der Waals surface area (Å²) in [7, 11) is 0. The van der Waals surface area contributed by atoms with Gasteiger partial charge in [0.25, 0.3) is 0 Å². The van der Waals surface area contributed by atoms with Crippen molar-refractivity contribution in [1.29, 1.82) is 0 Å². The smallest absolute Gasteiger partial charge is 0.238 e. The molecule has 3 aromatic rings. The summed E-state index contributed by atoms with van der Waals surface area (Å²) in [5, 5.41) is 4.22. The third kappa shape index (κ3) is 2.52. The summed E-state index contributed by atoms with van der Waals surface area (Å²) in [6, 6.07) is 8.92. The predicted molar refractivity (Wildman–Crippen MR) is 105 cm³/mol. The lowest BCUT2D eigenvalue weighted by Gasteiger charge is -2.41. The number of hydrogen-bond donors (Lipinski definition) is 1. The van der Waals surface area contributed by atoms with Gasteiger partial charge in [-0.25, -0.2) is 14.4 Å². The lowest BCUT2D eigenvalue weighted by molar-refractivity contribution is -0.122. The summed E-state index contributed by atoms with van der Waals surface area (Å²) in [6.07, 6.45) is 3.44. The van der Waals surface area contributed by atoms with Crippen LogP contribution < -0.4 is 10.2 Å². The molecular formula is C20H19FN4OS. The molecule has 7 heteroatoms. The molecule has 0 unspecified atom stereocenters. The molecule has 1 aromatic carbocycles. The number of carbonyl (C=O) groups is 1. The van der Waals surface area contributed by atoms with Crippen LogP contribution in [0.15, 0.2) is 36.5 Å². The van der Waals surface area contributed by atoms with E-state index in [0.717, 1.165) is 39.6 Å². The Balaban J connectivity index is 1.31. The maximum Gasteiger partial charge on any atom is 0.238 e. The minimum atomic E-state index is -0.529. The maximum absolute atomic E-state index is 13.3. The first kappa shape index (κ1) is 16.6. The maximum atomic E-state index is 13.3. The molecule has 0 radical (unpaired) electrons. The first-order chi connectivity index (χ1) is 12.9. The fourth-order valence-electron chi connectivity index (χ4n) is 3.98. The van der Waals surface area contributed by atoms with Crippen molar-refractivity contribution in [3.8, 4) is 0 Å². The number of aromatic nitrogens is 2. The number of nitrogens with zero attached hydrogens (tertiary/aromatic N) is 3. The Morgan fingerprint density at radius 3 is 2.93 bits per heavy atom. The van der Waals surface area contributed by atoms with Gasteiger partial charge in [-0.3, -0.25) is 9.69 Å². The van der Waals surface area contributed by atoms with Crippen molar-refractivity contribution in [2.45, 2.75) is 44.2 Å². The molecule has 1 aliphatic carbocycles. The van der Waals surface area contributed by atoms with Crippen LogP contribution in [0.2, 0.25) is 0 Å². The number of rotatable bonds is 3. The van der Waals surface area contributed by atoms with E-state index in [0.29, 0.717) is 0 Å². The number of amides is 1. The normalized spacial score (nSPS) is 23.4. The number of hydrogen-bond acceptors (Lipinski definition) is 5. The highest BCUT2D eigenvalue weighted by Gasteiger charge is 2.50. The lowest BCUT2D eigenvalue weighted by atomic mass is 9.84. The van der Waals surface area contributed by atoms with Crippen LogP contribution in [0.1, 0.15) is 32.3 Å². The molecule has 138 valence electrons. The highest BCUT2D eigenvalue weighted by molar-refractivity contribution is 7.22. The van der Waals surface area contributed by atoms with E-state index in [9.17, 15) is 9.18 Å². The first-order valence-corrected chi connectivity index (χ1v) is 9.87. The highest BCUT2D eigenvalue weighted by atomic mass is 32.1. The molecule has 1 aliphatic heterocycles. The first-order valence-electron chi connectivity index (χ1n) is 9.05. The molecule has 1 N–H and O–H groups in total. The van der Waals surface area contributed by atoms with Gasteiger partial charge in [-0.2, -0.15) is 0 Å². The van der Waals surface area contributed by atoms with Gasteiger partial charge in [-0.15, -0.1) is 0 Å². The van der Waals surface area contributed by atoms with E-state index in [2.05, 4.69) is 15.3 Å². The molecule has 0 spiro atoms. The van der Waals surface area contributed by atoms with Crippen molar-refractivity contribution in [3.63, 3.8) is 0 Å². The monoisotopic (exact) mass is 382 g/mol. The molecule has 1 fully saturated rings. The van der Waals surface area contributed by atoms with E-state index < -0.39 is 5.41 Å². The molecule has 3 heterocycles. The molecule has 27 heavy (non-hydrogen) atoms. The third-order valence-corrected chi connectivity index (χ3v) is 6.55. The fraction of sp³-hybridized carbons (Fsp3) is 0.350. The second-order valence-electron chi connectivity index (χ2n) is 7.77. The van der Waals surface area contributed by atoms with E-state index in [1.54, 1.807) is 12.3 Å².